The molecule has 2 aliphatic carbocycles. The van der Waals surface area contributed by atoms with Gasteiger partial charge in [0, 0.05) is 6.04 Å². The number of rotatable bonds is 3. The lowest BCUT2D eigenvalue weighted by molar-refractivity contribution is -0.138. The van der Waals surface area contributed by atoms with Crippen LogP contribution in [-0.2, 0) is 4.79 Å². The van der Waals surface area contributed by atoms with Crippen molar-refractivity contribution in [3.8, 4) is 0 Å². The highest BCUT2D eigenvalue weighted by atomic mass is 16.4. The van der Waals surface area contributed by atoms with E-state index in [2.05, 4.69) is 24.3 Å². The van der Waals surface area contributed by atoms with Gasteiger partial charge in [-0.1, -0.05) is 29.9 Å². The molecule has 2 rings (SSSR count). The fourth-order valence-corrected chi connectivity index (χ4v) is 2.40. The Bertz CT molecular complexity index is 379. The van der Waals surface area contributed by atoms with E-state index in [0.29, 0.717) is 6.04 Å². The van der Waals surface area contributed by atoms with Crippen LogP contribution in [0.1, 0.15) is 19.3 Å². The van der Waals surface area contributed by atoms with Crippen molar-refractivity contribution in [1.29, 1.82) is 0 Å². The van der Waals surface area contributed by atoms with Gasteiger partial charge in [-0.25, -0.2) is 0 Å². The highest BCUT2D eigenvalue weighted by Gasteiger charge is 2.26. The monoisotopic (exact) mass is 219 g/mol. The van der Waals surface area contributed by atoms with E-state index in [0.717, 1.165) is 19.3 Å². The molecule has 0 radical (unpaired) electrons. The van der Waals surface area contributed by atoms with Gasteiger partial charge in [0.1, 0.15) is 0 Å². The molecule has 1 N–H and O–H groups in total. The van der Waals surface area contributed by atoms with Crippen LogP contribution >= 0.6 is 0 Å². The van der Waals surface area contributed by atoms with Crippen LogP contribution < -0.4 is 0 Å². The molecule has 0 aromatic carbocycles. The molecule has 1 unspecified atom stereocenters. The van der Waals surface area contributed by atoms with E-state index in [9.17, 15) is 4.79 Å². The van der Waals surface area contributed by atoms with E-state index >= 15 is 0 Å². The fourth-order valence-electron chi connectivity index (χ4n) is 2.40. The summed E-state index contributed by atoms with van der Waals surface area (Å²) in [4.78, 5) is 12.6. The first kappa shape index (κ1) is 11.1. The van der Waals surface area contributed by atoms with Crippen molar-refractivity contribution in [2.45, 2.75) is 25.3 Å². The molecule has 0 fully saturated rings. The molecule has 0 saturated carbocycles. The summed E-state index contributed by atoms with van der Waals surface area (Å²) in [7, 11) is 1.89. The molecule has 0 saturated heterocycles. The lowest BCUT2D eigenvalue weighted by Crippen LogP contribution is -2.34. The third kappa shape index (κ3) is 2.42. The minimum Gasteiger partial charge on any atom is -0.480 e. The van der Waals surface area contributed by atoms with Gasteiger partial charge in [0.2, 0.25) is 0 Å². The number of carbonyl (C=O) groups is 1. The zero-order valence-electron chi connectivity index (χ0n) is 9.52. The maximum absolute atomic E-state index is 10.7. The largest absolute Gasteiger partial charge is 0.480 e. The molecule has 0 aliphatic heterocycles. The van der Waals surface area contributed by atoms with Crippen LogP contribution in [0.3, 0.4) is 0 Å². The molecular formula is C13H17NO2. The second-order valence-electron chi connectivity index (χ2n) is 4.49. The Labute approximate surface area is 95.8 Å². The van der Waals surface area contributed by atoms with E-state index in [1.807, 2.05) is 11.9 Å². The van der Waals surface area contributed by atoms with Gasteiger partial charge >= 0.3 is 5.97 Å². The zero-order chi connectivity index (χ0) is 11.5. The summed E-state index contributed by atoms with van der Waals surface area (Å²) in [5.41, 5.74) is 2.86. The average molecular weight is 219 g/mol. The van der Waals surface area contributed by atoms with Gasteiger partial charge in [-0.05, 0) is 31.9 Å². The van der Waals surface area contributed by atoms with Crippen molar-refractivity contribution in [3.05, 3.63) is 35.5 Å². The summed E-state index contributed by atoms with van der Waals surface area (Å²) in [6.07, 6.45) is 11.5. The van der Waals surface area contributed by atoms with Crippen molar-refractivity contribution in [1.82, 2.24) is 4.90 Å². The van der Waals surface area contributed by atoms with Crippen molar-refractivity contribution in [2.75, 3.05) is 13.6 Å². The number of carboxylic acids is 1. The second-order valence-corrected chi connectivity index (χ2v) is 4.49. The molecule has 3 nitrogen and oxygen atoms in total. The van der Waals surface area contributed by atoms with Crippen LogP contribution in [-0.4, -0.2) is 35.6 Å². The first-order chi connectivity index (χ1) is 7.66. The molecule has 0 spiro atoms. The Kier molecular flexibility index (Phi) is 3.25. The van der Waals surface area contributed by atoms with Gasteiger partial charge in [0.05, 0.1) is 6.54 Å². The predicted molar refractivity (Wildman–Crippen MR) is 63.2 cm³/mol. The summed E-state index contributed by atoms with van der Waals surface area (Å²) < 4.78 is 0. The molecule has 0 aromatic rings. The first-order valence-electron chi connectivity index (χ1n) is 5.63. The molecule has 3 heteroatoms. The molecule has 0 heterocycles. The third-order valence-electron chi connectivity index (χ3n) is 3.31. The van der Waals surface area contributed by atoms with Gasteiger partial charge in [0.15, 0.2) is 0 Å². The lowest BCUT2D eigenvalue weighted by atomic mass is 10.1. The number of hydrogen-bond donors (Lipinski definition) is 1. The summed E-state index contributed by atoms with van der Waals surface area (Å²) in [5.74, 6) is -0.750. The topological polar surface area (TPSA) is 40.5 Å². The second kappa shape index (κ2) is 4.66. The Balaban J connectivity index is 1.98. The van der Waals surface area contributed by atoms with E-state index in [-0.39, 0.29) is 6.54 Å². The zero-order valence-corrected chi connectivity index (χ0v) is 9.52. The number of allylic oxidation sites excluding steroid dienone is 4. The molecule has 0 bridgehead atoms. The Hall–Kier alpha value is -1.35. The molecular weight excluding hydrogens is 202 g/mol. The van der Waals surface area contributed by atoms with Crippen molar-refractivity contribution in [2.24, 2.45) is 0 Å². The van der Waals surface area contributed by atoms with Crippen LogP contribution in [0, 0.1) is 0 Å². The van der Waals surface area contributed by atoms with Gasteiger partial charge in [0.25, 0.3) is 0 Å². The average Bonchev–Trinajstić information content (AvgIpc) is 2.49. The number of carboxylic acid groups (broad SMARTS) is 1. The summed E-state index contributed by atoms with van der Waals surface area (Å²) in [6.45, 7) is 0.130. The van der Waals surface area contributed by atoms with Gasteiger partial charge in [-0.15, -0.1) is 0 Å². The minimum absolute atomic E-state index is 0.130. The van der Waals surface area contributed by atoms with E-state index in [1.54, 1.807) is 0 Å². The molecule has 0 amide bonds. The standard InChI is InChI=1S/C13H17NO2/c1-14(9-13(15)16)12-7-10-5-3-2-4-6-11(10)8-12/h2-5,12H,6-9H2,1H3,(H,15,16). The molecule has 0 aromatic heterocycles. The number of hydrogen-bond acceptors (Lipinski definition) is 2. The maximum atomic E-state index is 10.7. The Morgan fingerprint density at radius 2 is 2.31 bits per heavy atom. The van der Waals surface area contributed by atoms with E-state index in [4.69, 9.17) is 5.11 Å². The minimum atomic E-state index is -0.750. The molecule has 2 aliphatic rings. The van der Waals surface area contributed by atoms with Crippen molar-refractivity contribution in [3.63, 3.8) is 0 Å². The van der Waals surface area contributed by atoms with Crippen LogP contribution in [0.15, 0.2) is 35.5 Å². The summed E-state index contributed by atoms with van der Waals surface area (Å²) >= 11 is 0. The lowest BCUT2D eigenvalue weighted by Gasteiger charge is -2.22. The van der Waals surface area contributed by atoms with Crippen LogP contribution in [0.5, 0.6) is 0 Å². The Morgan fingerprint density at radius 1 is 1.50 bits per heavy atom. The van der Waals surface area contributed by atoms with Gasteiger partial charge < -0.3 is 5.11 Å². The van der Waals surface area contributed by atoms with E-state index < -0.39 is 5.97 Å². The van der Waals surface area contributed by atoms with Crippen molar-refractivity contribution < 1.29 is 9.90 Å². The first-order valence-corrected chi connectivity index (χ1v) is 5.63. The van der Waals surface area contributed by atoms with Gasteiger partial charge in [-0.3, -0.25) is 9.69 Å². The number of aliphatic carboxylic acids is 1. The van der Waals surface area contributed by atoms with Crippen LogP contribution in [0.25, 0.3) is 0 Å². The van der Waals surface area contributed by atoms with E-state index in [1.165, 1.54) is 11.1 Å². The summed E-state index contributed by atoms with van der Waals surface area (Å²) in [5, 5.41) is 8.77. The SMILES string of the molecule is CN(CC(=O)O)C1CC2=C(CC=CC=C2)C1. The maximum Gasteiger partial charge on any atom is 0.317 e. The normalized spacial score (nSPS) is 23.8. The van der Waals surface area contributed by atoms with Crippen LogP contribution in [0.4, 0.5) is 0 Å². The highest BCUT2D eigenvalue weighted by molar-refractivity contribution is 5.69. The number of likely N-dealkylation sites (N-methyl/N-ethyl adjacent to an activating group) is 1. The molecule has 16 heavy (non-hydrogen) atoms. The third-order valence-corrected chi connectivity index (χ3v) is 3.31. The smallest absolute Gasteiger partial charge is 0.317 e. The summed E-state index contributed by atoms with van der Waals surface area (Å²) in [6, 6.07) is 0.359. The fraction of sp³-hybridized carbons (Fsp3) is 0.462. The predicted octanol–water partition coefficient (Wildman–Crippen LogP) is 1.98. The van der Waals surface area contributed by atoms with Crippen LogP contribution in [0.2, 0.25) is 0 Å². The van der Waals surface area contributed by atoms with Gasteiger partial charge in [-0.2, -0.15) is 0 Å². The molecule has 86 valence electrons. The van der Waals surface area contributed by atoms with Crippen molar-refractivity contribution >= 4 is 5.97 Å². The molecule has 1 atom stereocenters. The highest BCUT2D eigenvalue weighted by Crippen LogP contribution is 2.33. The Morgan fingerprint density at radius 3 is 3.06 bits per heavy atom. The number of nitrogens with zero attached hydrogens (tertiary/aromatic N) is 1. The quantitative estimate of drug-likeness (QED) is 0.789.